The first-order chi connectivity index (χ1) is 8.16. The molecule has 90 valence electrons. The number of cyclic esters (lactones) is 1. The summed E-state index contributed by atoms with van der Waals surface area (Å²) in [7, 11) is 0. The minimum absolute atomic E-state index is 0.0982. The van der Waals surface area contributed by atoms with Gasteiger partial charge >= 0.3 is 12.1 Å². The third-order valence-electron chi connectivity index (χ3n) is 2.53. The Morgan fingerprint density at radius 1 is 1.59 bits per heavy atom. The number of carboxylic acids is 1. The number of aromatic nitrogens is 1. The number of carbonyl (C=O) groups excluding carboxylic acids is 1. The molecular formula is C11H12N2O4. The zero-order valence-corrected chi connectivity index (χ0v) is 9.07. The highest BCUT2D eigenvalue weighted by Gasteiger charge is 2.35. The minimum atomic E-state index is -1.11. The third-order valence-corrected chi connectivity index (χ3v) is 2.53. The van der Waals surface area contributed by atoms with E-state index in [1.54, 1.807) is 6.20 Å². The minimum Gasteiger partial charge on any atom is -0.478 e. The van der Waals surface area contributed by atoms with Gasteiger partial charge in [-0.05, 0) is 12.1 Å². The monoisotopic (exact) mass is 236 g/mol. The number of ether oxygens (including phenoxy) is 1. The van der Waals surface area contributed by atoms with Gasteiger partial charge in [-0.25, -0.2) is 9.59 Å². The average Bonchev–Trinajstić information content (AvgIpc) is 2.70. The van der Waals surface area contributed by atoms with Crippen molar-refractivity contribution >= 4 is 12.1 Å². The molecule has 1 amide bonds. The van der Waals surface area contributed by atoms with Gasteiger partial charge in [0, 0.05) is 24.9 Å². The fourth-order valence-corrected chi connectivity index (χ4v) is 1.61. The molecule has 1 aliphatic rings. The number of carboxylic acid groups (broad SMARTS) is 1. The molecule has 0 radical (unpaired) electrons. The molecule has 6 heteroatoms. The van der Waals surface area contributed by atoms with Gasteiger partial charge in [-0.1, -0.05) is 6.07 Å². The molecule has 1 aromatic rings. The molecule has 2 heterocycles. The van der Waals surface area contributed by atoms with E-state index >= 15 is 0 Å². The van der Waals surface area contributed by atoms with Crippen molar-refractivity contribution in [2.24, 2.45) is 0 Å². The highest BCUT2D eigenvalue weighted by atomic mass is 16.6. The molecular weight excluding hydrogens is 224 g/mol. The number of carbonyl (C=O) groups is 2. The molecule has 1 unspecified atom stereocenters. The van der Waals surface area contributed by atoms with Crippen LogP contribution in [0.3, 0.4) is 0 Å². The maximum absolute atomic E-state index is 11.3. The summed E-state index contributed by atoms with van der Waals surface area (Å²) >= 11 is 0. The lowest BCUT2D eigenvalue weighted by molar-refractivity contribution is -0.144. The Bertz CT molecular complexity index is 421. The Balaban J connectivity index is 1.88. The smallest absolute Gasteiger partial charge is 0.410 e. The Kier molecular flexibility index (Phi) is 3.22. The summed E-state index contributed by atoms with van der Waals surface area (Å²) in [5.74, 6) is -1.11. The van der Waals surface area contributed by atoms with Gasteiger partial charge < -0.3 is 14.7 Å². The number of hydrogen-bond acceptors (Lipinski definition) is 4. The van der Waals surface area contributed by atoms with E-state index in [1.807, 2.05) is 18.2 Å². The summed E-state index contributed by atoms with van der Waals surface area (Å²) in [5.41, 5.74) is 0.860. The summed E-state index contributed by atoms with van der Waals surface area (Å²) in [6.07, 6.45) is 0.638. The Labute approximate surface area is 97.8 Å². The maximum atomic E-state index is 11.3. The molecule has 1 fully saturated rings. The second-order valence-electron chi connectivity index (χ2n) is 3.73. The number of hydrogen-bond donors (Lipinski definition) is 1. The molecule has 0 spiro atoms. The normalized spacial score (nSPS) is 19.2. The molecule has 1 N–H and O–H groups in total. The van der Waals surface area contributed by atoms with E-state index < -0.39 is 18.2 Å². The molecule has 0 bridgehead atoms. The summed E-state index contributed by atoms with van der Waals surface area (Å²) in [6, 6.07) is 5.54. The van der Waals surface area contributed by atoms with Crippen molar-refractivity contribution in [1.29, 1.82) is 0 Å². The molecule has 0 saturated carbocycles. The Hall–Kier alpha value is -2.11. The number of pyridine rings is 1. The van der Waals surface area contributed by atoms with Gasteiger partial charge in [-0.2, -0.15) is 0 Å². The van der Waals surface area contributed by atoms with Crippen LogP contribution in [0.2, 0.25) is 0 Å². The molecule has 1 aromatic heterocycles. The van der Waals surface area contributed by atoms with Crippen LogP contribution in [-0.4, -0.2) is 46.2 Å². The largest absolute Gasteiger partial charge is 0.478 e. The molecule has 2 rings (SSSR count). The number of amides is 1. The van der Waals surface area contributed by atoms with Gasteiger partial charge in [0.25, 0.3) is 0 Å². The van der Waals surface area contributed by atoms with Crippen LogP contribution in [0, 0.1) is 0 Å². The van der Waals surface area contributed by atoms with Gasteiger partial charge in [0.15, 0.2) is 0 Å². The quantitative estimate of drug-likeness (QED) is 0.824. The SMILES string of the molecule is O=C(O)C1CN(CCc2ccccn2)C(=O)O1. The summed E-state index contributed by atoms with van der Waals surface area (Å²) in [6.45, 7) is 0.515. The van der Waals surface area contributed by atoms with Crippen molar-refractivity contribution in [2.75, 3.05) is 13.1 Å². The predicted octanol–water partition coefficient (Wildman–Crippen LogP) is 0.529. The fraction of sp³-hybridized carbons (Fsp3) is 0.364. The molecule has 17 heavy (non-hydrogen) atoms. The summed E-state index contributed by atoms with van der Waals surface area (Å²) < 4.78 is 4.69. The van der Waals surface area contributed by atoms with Gasteiger partial charge in [0.05, 0.1) is 6.54 Å². The summed E-state index contributed by atoms with van der Waals surface area (Å²) in [4.78, 5) is 27.5. The topological polar surface area (TPSA) is 79.7 Å². The van der Waals surface area contributed by atoms with E-state index in [-0.39, 0.29) is 6.54 Å². The molecule has 6 nitrogen and oxygen atoms in total. The van der Waals surface area contributed by atoms with Crippen molar-refractivity contribution in [3.8, 4) is 0 Å². The first-order valence-electron chi connectivity index (χ1n) is 5.25. The second-order valence-corrected chi connectivity index (χ2v) is 3.73. The van der Waals surface area contributed by atoms with E-state index in [1.165, 1.54) is 4.90 Å². The Morgan fingerprint density at radius 3 is 3.00 bits per heavy atom. The molecule has 1 saturated heterocycles. The molecule has 1 atom stereocenters. The van der Waals surface area contributed by atoms with Crippen molar-refractivity contribution in [2.45, 2.75) is 12.5 Å². The van der Waals surface area contributed by atoms with Crippen molar-refractivity contribution < 1.29 is 19.4 Å². The lowest BCUT2D eigenvalue weighted by atomic mass is 10.2. The van der Waals surface area contributed by atoms with Crippen LogP contribution in [-0.2, 0) is 16.0 Å². The van der Waals surface area contributed by atoms with Crippen LogP contribution < -0.4 is 0 Å². The van der Waals surface area contributed by atoms with E-state index in [4.69, 9.17) is 9.84 Å². The number of nitrogens with zero attached hydrogens (tertiary/aromatic N) is 2. The maximum Gasteiger partial charge on any atom is 0.410 e. The van der Waals surface area contributed by atoms with E-state index in [9.17, 15) is 9.59 Å². The van der Waals surface area contributed by atoms with Crippen LogP contribution in [0.15, 0.2) is 24.4 Å². The van der Waals surface area contributed by atoms with Crippen LogP contribution in [0.4, 0.5) is 4.79 Å². The van der Waals surface area contributed by atoms with Crippen LogP contribution in [0.25, 0.3) is 0 Å². The third kappa shape index (κ3) is 2.72. The average molecular weight is 236 g/mol. The van der Waals surface area contributed by atoms with E-state index in [2.05, 4.69) is 4.98 Å². The predicted molar refractivity (Wildman–Crippen MR) is 57.4 cm³/mol. The van der Waals surface area contributed by atoms with Gasteiger partial charge in [-0.3, -0.25) is 4.98 Å². The van der Waals surface area contributed by atoms with Crippen molar-refractivity contribution in [1.82, 2.24) is 9.88 Å². The molecule has 0 aliphatic carbocycles. The van der Waals surface area contributed by atoms with Crippen LogP contribution in [0.1, 0.15) is 5.69 Å². The zero-order valence-electron chi connectivity index (χ0n) is 9.07. The van der Waals surface area contributed by atoms with Gasteiger partial charge in [0.2, 0.25) is 6.10 Å². The van der Waals surface area contributed by atoms with Crippen LogP contribution >= 0.6 is 0 Å². The lowest BCUT2D eigenvalue weighted by Crippen LogP contribution is -2.29. The molecule has 0 aromatic carbocycles. The first kappa shape index (κ1) is 11.4. The van der Waals surface area contributed by atoms with Gasteiger partial charge in [-0.15, -0.1) is 0 Å². The zero-order chi connectivity index (χ0) is 12.3. The fourth-order valence-electron chi connectivity index (χ4n) is 1.61. The Morgan fingerprint density at radius 2 is 2.41 bits per heavy atom. The van der Waals surface area contributed by atoms with Crippen LogP contribution in [0.5, 0.6) is 0 Å². The lowest BCUT2D eigenvalue weighted by Gasteiger charge is -2.11. The van der Waals surface area contributed by atoms with Crippen molar-refractivity contribution in [3.05, 3.63) is 30.1 Å². The molecule has 1 aliphatic heterocycles. The highest BCUT2D eigenvalue weighted by molar-refractivity contribution is 5.81. The summed E-state index contributed by atoms with van der Waals surface area (Å²) in [5, 5.41) is 8.72. The van der Waals surface area contributed by atoms with E-state index in [0.717, 1.165) is 5.69 Å². The first-order valence-corrected chi connectivity index (χ1v) is 5.25. The second kappa shape index (κ2) is 4.82. The van der Waals surface area contributed by atoms with E-state index in [0.29, 0.717) is 13.0 Å². The number of rotatable bonds is 4. The van der Waals surface area contributed by atoms with Gasteiger partial charge in [0.1, 0.15) is 0 Å². The highest BCUT2D eigenvalue weighted by Crippen LogP contribution is 2.11. The number of aliphatic carboxylic acids is 1. The van der Waals surface area contributed by atoms with Crippen molar-refractivity contribution in [3.63, 3.8) is 0 Å². The standard InChI is InChI=1S/C11H12N2O4/c14-10(15)9-7-13(11(16)17-9)6-4-8-3-1-2-5-12-8/h1-3,5,9H,4,6-7H2,(H,14,15).